The predicted octanol–water partition coefficient (Wildman–Crippen LogP) is 4.37. The minimum atomic E-state index is 0.623. The minimum absolute atomic E-state index is 0.623. The van der Waals surface area contributed by atoms with Gasteiger partial charge in [-0.3, -0.25) is 0 Å². The molecule has 0 spiro atoms. The molecule has 0 radical (unpaired) electrons. The summed E-state index contributed by atoms with van der Waals surface area (Å²) >= 11 is 5.30. The van der Waals surface area contributed by atoms with E-state index in [1.807, 2.05) is 0 Å². The highest BCUT2D eigenvalue weighted by atomic mass is 79.9. The van der Waals surface area contributed by atoms with Gasteiger partial charge in [0.1, 0.15) is 0 Å². The molecular weight excluding hydrogens is 344 g/mol. The van der Waals surface area contributed by atoms with Crippen molar-refractivity contribution in [3.8, 4) is 0 Å². The zero-order valence-corrected chi connectivity index (χ0v) is 14.7. The summed E-state index contributed by atoms with van der Waals surface area (Å²) in [6, 6.07) is 9.49. The first-order chi connectivity index (χ1) is 10.2. The van der Waals surface area contributed by atoms with Gasteiger partial charge in [0.15, 0.2) is 0 Å². The summed E-state index contributed by atoms with van der Waals surface area (Å²) in [6.07, 6.45) is 4.89. The molecule has 0 bridgehead atoms. The molecule has 112 valence electrons. The van der Waals surface area contributed by atoms with E-state index in [0.29, 0.717) is 5.92 Å². The molecule has 1 fully saturated rings. The van der Waals surface area contributed by atoms with E-state index in [0.717, 1.165) is 35.6 Å². The van der Waals surface area contributed by atoms with E-state index in [-0.39, 0.29) is 0 Å². The van der Waals surface area contributed by atoms with E-state index in [4.69, 9.17) is 0 Å². The van der Waals surface area contributed by atoms with Gasteiger partial charge >= 0.3 is 0 Å². The number of halogens is 1. The molecule has 2 aromatic rings. The molecule has 1 N–H and O–H groups in total. The van der Waals surface area contributed by atoms with Crippen molar-refractivity contribution in [3.05, 3.63) is 50.4 Å². The Morgan fingerprint density at radius 2 is 2.05 bits per heavy atom. The summed E-state index contributed by atoms with van der Waals surface area (Å²) in [5, 5.41) is 7.11. The molecule has 4 heteroatoms. The monoisotopic (exact) mass is 364 g/mol. The molecule has 1 aromatic heterocycles. The van der Waals surface area contributed by atoms with E-state index < -0.39 is 0 Å². The Hall–Kier alpha value is -0.710. The zero-order valence-electron chi connectivity index (χ0n) is 12.3. The van der Waals surface area contributed by atoms with Crippen LogP contribution in [0.1, 0.15) is 29.1 Å². The Morgan fingerprint density at radius 1 is 1.29 bits per heavy atom. The van der Waals surface area contributed by atoms with Crippen molar-refractivity contribution in [2.45, 2.75) is 38.6 Å². The Morgan fingerprint density at radius 3 is 2.67 bits per heavy atom. The fourth-order valence-electron chi connectivity index (χ4n) is 2.53. The number of nitrogens with zero attached hydrogens (tertiary/aromatic N) is 1. The second-order valence-electron chi connectivity index (χ2n) is 5.97. The molecule has 1 aromatic carbocycles. The van der Waals surface area contributed by atoms with E-state index in [9.17, 15) is 0 Å². The van der Waals surface area contributed by atoms with Crippen LogP contribution < -0.4 is 5.32 Å². The average Bonchev–Trinajstić information content (AvgIpc) is 3.21. The molecule has 1 unspecified atom stereocenters. The highest BCUT2D eigenvalue weighted by Crippen LogP contribution is 2.22. The van der Waals surface area contributed by atoms with Crippen LogP contribution in [0, 0.1) is 12.8 Å². The van der Waals surface area contributed by atoms with Crippen molar-refractivity contribution in [1.29, 1.82) is 0 Å². The third-order valence-corrected chi connectivity index (χ3v) is 5.36. The van der Waals surface area contributed by atoms with E-state index in [2.05, 4.69) is 62.8 Å². The normalized spacial score (nSPS) is 16.1. The lowest BCUT2D eigenvalue weighted by atomic mass is 9.96. The van der Waals surface area contributed by atoms with Crippen LogP contribution in [-0.4, -0.2) is 17.6 Å². The van der Waals surface area contributed by atoms with Crippen molar-refractivity contribution >= 4 is 27.3 Å². The maximum atomic E-state index is 4.63. The number of rotatable bonds is 7. The maximum Gasteiger partial charge on any atom is 0.0931 e. The lowest BCUT2D eigenvalue weighted by Gasteiger charge is -2.17. The van der Waals surface area contributed by atoms with E-state index in [1.54, 1.807) is 11.3 Å². The second-order valence-corrected chi connectivity index (χ2v) is 7.82. The molecule has 1 heterocycles. The fourth-order valence-corrected chi connectivity index (χ4v) is 3.69. The van der Waals surface area contributed by atoms with Gasteiger partial charge in [-0.05, 0) is 56.3 Å². The average molecular weight is 365 g/mol. The molecule has 1 aliphatic rings. The van der Waals surface area contributed by atoms with Gasteiger partial charge in [0.25, 0.3) is 0 Å². The summed E-state index contributed by atoms with van der Waals surface area (Å²) in [5.41, 5.74) is 2.56. The Bertz CT molecular complexity index is 575. The van der Waals surface area contributed by atoms with E-state index >= 15 is 0 Å². The third kappa shape index (κ3) is 4.90. The number of aryl methyl sites for hydroxylation is 1. The topological polar surface area (TPSA) is 24.9 Å². The molecule has 0 aliphatic heterocycles. The summed E-state index contributed by atoms with van der Waals surface area (Å²) in [6.45, 7) is 3.17. The zero-order chi connectivity index (χ0) is 14.7. The third-order valence-electron chi connectivity index (χ3n) is 3.84. The smallest absolute Gasteiger partial charge is 0.0931 e. The standard InChI is InChI=1S/C17H21BrN2S/c1-12-11-21-17(20-12)9-14(10-19-16-6-7-16)8-13-2-4-15(18)5-3-13/h2-5,11,14,16,19H,6-10H2,1H3. The highest BCUT2D eigenvalue weighted by Gasteiger charge is 2.22. The van der Waals surface area contributed by atoms with Crippen molar-refractivity contribution in [3.63, 3.8) is 0 Å². The molecular formula is C17H21BrN2S. The quantitative estimate of drug-likeness (QED) is 0.788. The summed E-state index contributed by atoms with van der Waals surface area (Å²) < 4.78 is 1.15. The van der Waals surface area contributed by atoms with Crippen LogP contribution in [0.2, 0.25) is 0 Å². The molecule has 2 nitrogen and oxygen atoms in total. The molecule has 1 atom stereocenters. The molecule has 3 rings (SSSR count). The van der Waals surface area contributed by atoms with Gasteiger partial charge in [-0.2, -0.15) is 0 Å². The molecule has 1 aliphatic carbocycles. The van der Waals surface area contributed by atoms with E-state index in [1.165, 1.54) is 23.4 Å². The van der Waals surface area contributed by atoms with Crippen molar-refractivity contribution in [2.24, 2.45) is 5.92 Å². The first-order valence-electron chi connectivity index (χ1n) is 7.58. The maximum absolute atomic E-state index is 4.63. The first kappa shape index (κ1) is 15.2. The molecule has 21 heavy (non-hydrogen) atoms. The van der Waals surface area contributed by atoms with Crippen LogP contribution in [0.4, 0.5) is 0 Å². The first-order valence-corrected chi connectivity index (χ1v) is 9.25. The van der Waals surface area contributed by atoms with Crippen LogP contribution in [0.25, 0.3) is 0 Å². The Balaban J connectivity index is 1.63. The molecule has 1 saturated carbocycles. The van der Waals surface area contributed by atoms with Crippen molar-refractivity contribution in [1.82, 2.24) is 10.3 Å². The molecule has 0 amide bonds. The van der Waals surface area contributed by atoms with Gasteiger partial charge in [-0.25, -0.2) is 4.98 Å². The number of nitrogens with one attached hydrogen (secondary N) is 1. The lowest BCUT2D eigenvalue weighted by molar-refractivity contribution is 0.468. The van der Waals surface area contributed by atoms with Crippen molar-refractivity contribution in [2.75, 3.05) is 6.54 Å². The number of hydrogen-bond acceptors (Lipinski definition) is 3. The fraction of sp³-hybridized carbons (Fsp3) is 0.471. The molecule has 0 saturated heterocycles. The summed E-state index contributed by atoms with van der Waals surface area (Å²) in [7, 11) is 0. The van der Waals surface area contributed by atoms with Crippen LogP contribution in [0.15, 0.2) is 34.1 Å². The summed E-state index contributed by atoms with van der Waals surface area (Å²) in [4.78, 5) is 4.63. The van der Waals surface area contributed by atoms with Gasteiger partial charge in [-0.15, -0.1) is 11.3 Å². The summed E-state index contributed by atoms with van der Waals surface area (Å²) in [5.74, 6) is 0.623. The second kappa shape index (κ2) is 7.03. The van der Waals surface area contributed by atoms with Gasteiger partial charge in [0.2, 0.25) is 0 Å². The van der Waals surface area contributed by atoms with Gasteiger partial charge in [0, 0.05) is 28.0 Å². The van der Waals surface area contributed by atoms with Crippen LogP contribution in [0.5, 0.6) is 0 Å². The largest absolute Gasteiger partial charge is 0.314 e. The van der Waals surface area contributed by atoms with Gasteiger partial charge < -0.3 is 5.32 Å². The van der Waals surface area contributed by atoms with Crippen LogP contribution in [0.3, 0.4) is 0 Å². The number of hydrogen-bond donors (Lipinski definition) is 1. The lowest BCUT2D eigenvalue weighted by Crippen LogP contribution is -2.27. The number of benzene rings is 1. The number of aromatic nitrogens is 1. The SMILES string of the molecule is Cc1csc(CC(CNC2CC2)Cc2ccc(Br)cc2)n1. The minimum Gasteiger partial charge on any atom is -0.314 e. The van der Waals surface area contributed by atoms with Crippen molar-refractivity contribution < 1.29 is 0 Å². The highest BCUT2D eigenvalue weighted by molar-refractivity contribution is 9.10. The van der Waals surface area contributed by atoms with Gasteiger partial charge in [0.05, 0.1) is 5.01 Å². The number of thiazole rings is 1. The Labute approximate surface area is 139 Å². The van der Waals surface area contributed by atoms with Crippen LogP contribution in [-0.2, 0) is 12.8 Å². The van der Waals surface area contributed by atoms with Gasteiger partial charge in [-0.1, -0.05) is 28.1 Å². The Kier molecular flexibility index (Phi) is 5.09. The van der Waals surface area contributed by atoms with Crippen LogP contribution >= 0.6 is 27.3 Å². The predicted molar refractivity (Wildman–Crippen MR) is 92.9 cm³/mol.